The second kappa shape index (κ2) is 12.7. The van der Waals surface area contributed by atoms with Crippen molar-refractivity contribution >= 4 is 22.4 Å². The summed E-state index contributed by atoms with van der Waals surface area (Å²) < 4.78 is 72.8. The fraction of sp³-hybridized carbons (Fsp3) is 0.250. The number of aliphatic hydroxyl groups is 1. The van der Waals surface area contributed by atoms with Gasteiger partial charge in [-0.1, -0.05) is 12.1 Å². The van der Waals surface area contributed by atoms with Crippen molar-refractivity contribution in [3.8, 4) is 17.2 Å². The smallest absolute Gasteiger partial charge is 0.453 e. The molecule has 1 saturated heterocycles. The number of aliphatic hydroxyl groups excluding tert-OH is 1. The Kier molecular flexibility index (Phi) is 9.65. The largest absolute Gasteiger partial charge is 0.573 e. The van der Waals surface area contributed by atoms with E-state index in [4.69, 9.17) is 19.7 Å². The average molecular weight is 529 g/mol. The molecule has 0 aliphatic carbocycles. The van der Waals surface area contributed by atoms with Gasteiger partial charge in [0, 0.05) is 19.3 Å². The van der Waals surface area contributed by atoms with E-state index < -0.39 is 17.3 Å². The number of ether oxygens (including phenoxy) is 3. The van der Waals surface area contributed by atoms with Crippen LogP contribution in [-0.2, 0) is 15.7 Å². The maximum atomic E-state index is 13.0. The molecule has 0 amide bonds. The number of halogens is 4. The molecule has 4 N–H and O–H groups in total. The molecule has 2 heterocycles. The molecular formula is C24H24F4N2O5S. The lowest BCUT2D eigenvalue weighted by Gasteiger charge is -2.21. The molecule has 0 saturated carbocycles. The molecule has 0 radical (unpaired) electrons. The van der Waals surface area contributed by atoms with E-state index in [1.807, 2.05) is 24.3 Å². The second-order valence-corrected chi connectivity index (χ2v) is 8.59. The predicted octanol–water partition coefficient (Wildman–Crippen LogP) is 5.40. The van der Waals surface area contributed by atoms with Crippen molar-refractivity contribution in [3.05, 3.63) is 72.5 Å². The van der Waals surface area contributed by atoms with Crippen LogP contribution in [0.3, 0.4) is 0 Å². The molecular weight excluding hydrogens is 504 g/mol. The monoisotopic (exact) mass is 528 g/mol. The molecule has 12 heteroatoms. The van der Waals surface area contributed by atoms with Crippen LogP contribution in [-0.4, -0.2) is 35.0 Å². The van der Waals surface area contributed by atoms with Crippen molar-refractivity contribution in [2.75, 3.05) is 18.5 Å². The number of nitrogens with two attached hydrogens (primary N) is 1. The molecule has 1 fully saturated rings. The zero-order valence-corrected chi connectivity index (χ0v) is 19.7. The summed E-state index contributed by atoms with van der Waals surface area (Å²) >= 11 is 0. The summed E-state index contributed by atoms with van der Waals surface area (Å²) in [6.45, 7) is 1.47. The van der Waals surface area contributed by atoms with Gasteiger partial charge in [0.05, 0.1) is 22.4 Å². The summed E-state index contributed by atoms with van der Waals surface area (Å²) in [6.07, 6.45) is -3.17. The van der Waals surface area contributed by atoms with Crippen LogP contribution in [0.5, 0.6) is 17.2 Å². The van der Waals surface area contributed by atoms with Crippen molar-refractivity contribution in [1.29, 1.82) is 0 Å². The quantitative estimate of drug-likeness (QED) is 0.301. The maximum absolute atomic E-state index is 13.0. The van der Waals surface area contributed by atoms with Crippen LogP contribution >= 0.6 is 0 Å². The van der Waals surface area contributed by atoms with Gasteiger partial charge in [-0.2, -0.15) is 0 Å². The number of hydrogen-bond donors (Lipinski definition) is 3. The van der Waals surface area contributed by atoms with Gasteiger partial charge in [-0.3, -0.25) is 0 Å². The lowest BCUT2D eigenvalue weighted by atomic mass is 10.2. The highest BCUT2D eigenvalue weighted by molar-refractivity contribution is 7.82. The SMILES string of the molecule is Fc1ccc2c(c1)Oc1ccccc1N2.NS(=O)c1ccc(OC(F)(F)F)cc1.OC1CCOCC1. The molecule has 7 nitrogen and oxygen atoms in total. The number of fused-ring (bicyclic) bond motifs is 2. The lowest BCUT2D eigenvalue weighted by molar-refractivity contribution is -0.274. The van der Waals surface area contributed by atoms with Crippen LogP contribution in [0.4, 0.5) is 28.9 Å². The Morgan fingerprint density at radius 2 is 1.61 bits per heavy atom. The van der Waals surface area contributed by atoms with Crippen molar-refractivity contribution < 1.29 is 41.1 Å². The Labute approximate surface area is 207 Å². The first-order valence-corrected chi connectivity index (χ1v) is 11.9. The minimum Gasteiger partial charge on any atom is -0.453 e. The fourth-order valence-electron chi connectivity index (χ4n) is 3.07. The summed E-state index contributed by atoms with van der Waals surface area (Å²) in [5.74, 6) is 0.575. The molecule has 0 aromatic heterocycles. The number of nitrogens with one attached hydrogen (secondary N) is 1. The summed E-state index contributed by atoms with van der Waals surface area (Å²) in [5, 5.41) is 17.0. The molecule has 0 spiro atoms. The van der Waals surface area contributed by atoms with Crippen LogP contribution in [0.1, 0.15) is 12.8 Å². The Hall–Kier alpha value is -3.19. The van der Waals surface area contributed by atoms with Gasteiger partial charge in [0.15, 0.2) is 11.5 Å². The van der Waals surface area contributed by atoms with Gasteiger partial charge in [-0.05, 0) is 61.4 Å². The molecule has 2 aliphatic heterocycles. The number of alkyl halides is 3. The van der Waals surface area contributed by atoms with E-state index in [2.05, 4.69) is 10.1 Å². The topological polar surface area (TPSA) is 103 Å². The average Bonchev–Trinajstić information content (AvgIpc) is 2.83. The van der Waals surface area contributed by atoms with Crippen molar-refractivity contribution in [3.63, 3.8) is 0 Å². The third-order valence-electron chi connectivity index (χ3n) is 4.80. The first-order valence-electron chi connectivity index (χ1n) is 10.7. The molecule has 36 heavy (non-hydrogen) atoms. The minimum absolute atomic E-state index is 0.0891. The Morgan fingerprint density at radius 3 is 2.19 bits per heavy atom. The maximum Gasteiger partial charge on any atom is 0.573 e. The standard InChI is InChI=1S/C12H8FNO.C7H6F3NO2S.C5H10O2/c13-8-5-6-10-12(7-8)15-11-4-2-1-3-9(11)14-10;8-7(9,10)13-5-1-3-6(4-2-5)14(11)12;6-5-1-3-7-4-2-5/h1-7,14H;1-4H,11H2;5-6H,1-4H2. The van der Waals surface area contributed by atoms with Crippen LogP contribution in [0.25, 0.3) is 0 Å². The van der Waals surface area contributed by atoms with Crippen LogP contribution in [0.2, 0.25) is 0 Å². The fourth-order valence-corrected chi connectivity index (χ4v) is 3.47. The Morgan fingerprint density at radius 1 is 0.972 bits per heavy atom. The van der Waals surface area contributed by atoms with Crippen molar-refractivity contribution in [2.24, 2.45) is 5.14 Å². The zero-order chi connectivity index (χ0) is 26.1. The highest BCUT2D eigenvalue weighted by Crippen LogP contribution is 2.41. The number of para-hydroxylation sites is 2. The van der Waals surface area contributed by atoms with Gasteiger partial charge < -0.3 is 24.6 Å². The van der Waals surface area contributed by atoms with Crippen molar-refractivity contribution in [1.82, 2.24) is 0 Å². The van der Waals surface area contributed by atoms with E-state index in [1.54, 1.807) is 6.07 Å². The highest BCUT2D eigenvalue weighted by atomic mass is 32.2. The Balaban J connectivity index is 0.000000160. The number of benzene rings is 3. The van der Waals surface area contributed by atoms with Gasteiger partial charge in [-0.25, -0.2) is 13.7 Å². The molecule has 2 aliphatic rings. The van der Waals surface area contributed by atoms with Gasteiger partial charge in [-0.15, -0.1) is 13.2 Å². The molecule has 3 aromatic rings. The van der Waals surface area contributed by atoms with Crippen LogP contribution in [0, 0.1) is 5.82 Å². The second-order valence-electron chi connectivity index (χ2n) is 7.52. The first kappa shape index (κ1) is 27.4. The molecule has 194 valence electrons. The van der Waals surface area contributed by atoms with E-state index in [-0.39, 0.29) is 22.6 Å². The van der Waals surface area contributed by atoms with E-state index in [0.717, 1.165) is 55.3 Å². The van der Waals surface area contributed by atoms with E-state index in [1.165, 1.54) is 24.3 Å². The number of rotatable bonds is 2. The minimum atomic E-state index is -4.72. The number of anilines is 2. The third kappa shape index (κ3) is 8.79. The van der Waals surface area contributed by atoms with Gasteiger partial charge >= 0.3 is 6.36 Å². The van der Waals surface area contributed by atoms with Crippen molar-refractivity contribution in [2.45, 2.75) is 30.2 Å². The summed E-state index contributed by atoms with van der Waals surface area (Å²) in [6, 6.07) is 16.5. The van der Waals surface area contributed by atoms with Gasteiger partial charge in [0.2, 0.25) is 0 Å². The summed E-state index contributed by atoms with van der Waals surface area (Å²) in [5.41, 5.74) is 1.69. The Bertz CT molecular complexity index is 1160. The summed E-state index contributed by atoms with van der Waals surface area (Å²) in [4.78, 5) is 0.236. The molecule has 1 unspecified atom stereocenters. The zero-order valence-electron chi connectivity index (χ0n) is 18.8. The van der Waals surface area contributed by atoms with Gasteiger partial charge in [0.1, 0.15) is 22.6 Å². The molecule has 0 bridgehead atoms. The number of hydrogen-bond acceptors (Lipinski definition) is 6. The third-order valence-corrected chi connectivity index (χ3v) is 5.54. The van der Waals surface area contributed by atoms with E-state index in [0.29, 0.717) is 5.75 Å². The van der Waals surface area contributed by atoms with Crippen LogP contribution in [0.15, 0.2) is 71.6 Å². The van der Waals surface area contributed by atoms with Gasteiger partial charge in [0.25, 0.3) is 0 Å². The van der Waals surface area contributed by atoms with E-state index in [9.17, 15) is 21.8 Å². The first-order chi connectivity index (χ1) is 17.1. The normalized spacial score (nSPS) is 15.3. The molecule has 5 rings (SSSR count). The molecule has 3 aromatic carbocycles. The highest BCUT2D eigenvalue weighted by Gasteiger charge is 2.31. The lowest BCUT2D eigenvalue weighted by Crippen LogP contribution is -2.19. The predicted molar refractivity (Wildman–Crippen MR) is 126 cm³/mol. The van der Waals surface area contributed by atoms with Crippen LogP contribution < -0.4 is 19.9 Å². The molecule has 1 atom stereocenters. The summed E-state index contributed by atoms with van der Waals surface area (Å²) in [7, 11) is -1.70. The van der Waals surface area contributed by atoms with E-state index >= 15 is 0 Å².